The van der Waals surface area contributed by atoms with E-state index in [9.17, 15) is 4.79 Å². The highest BCUT2D eigenvalue weighted by atomic mass is 32.1. The fourth-order valence-electron chi connectivity index (χ4n) is 2.34. The minimum atomic E-state index is 0.00267. The van der Waals surface area contributed by atoms with Crippen molar-refractivity contribution >= 4 is 17.2 Å². The predicted octanol–water partition coefficient (Wildman–Crippen LogP) is 5.00. The van der Waals surface area contributed by atoms with Crippen LogP contribution in [-0.2, 0) is 0 Å². The number of amides is 1. The van der Waals surface area contributed by atoms with Gasteiger partial charge >= 0.3 is 0 Å². The van der Waals surface area contributed by atoms with E-state index in [-0.39, 0.29) is 11.9 Å². The van der Waals surface area contributed by atoms with Crippen LogP contribution >= 0.6 is 11.3 Å². The molecule has 0 saturated heterocycles. The first kappa shape index (κ1) is 15.8. The van der Waals surface area contributed by atoms with E-state index in [4.69, 9.17) is 0 Å². The Morgan fingerprint density at radius 3 is 2.10 bits per heavy atom. The normalized spacial score (nSPS) is 12.7. The quantitative estimate of drug-likeness (QED) is 0.827. The Kier molecular flexibility index (Phi) is 5.18. The van der Waals surface area contributed by atoms with Crippen molar-refractivity contribution < 1.29 is 4.79 Å². The van der Waals surface area contributed by atoms with Crippen LogP contribution in [0.25, 0.3) is 0 Å². The molecule has 0 bridgehead atoms. The van der Waals surface area contributed by atoms with Crippen molar-refractivity contribution in [1.29, 1.82) is 0 Å². The van der Waals surface area contributed by atoms with Gasteiger partial charge in [0.2, 0.25) is 0 Å². The fraction of sp³-hybridized carbons (Fsp3) is 0.389. The van der Waals surface area contributed by atoms with Crippen LogP contribution in [0.2, 0.25) is 0 Å². The highest BCUT2D eigenvalue weighted by molar-refractivity contribution is 7.08. The van der Waals surface area contributed by atoms with E-state index in [1.807, 2.05) is 16.8 Å². The van der Waals surface area contributed by atoms with Gasteiger partial charge in [0.05, 0.1) is 11.6 Å². The van der Waals surface area contributed by atoms with Crippen molar-refractivity contribution in [2.75, 3.05) is 0 Å². The zero-order chi connectivity index (χ0) is 15.4. The minimum absolute atomic E-state index is 0.00267. The summed E-state index contributed by atoms with van der Waals surface area (Å²) in [6.07, 6.45) is 0. The average molecular weight is 301 g/mol. The number of hydrogen-bond acceptors (Lipinski definition) is 2. The summed E-state index contributed by atoms with van der Waals surface area (Å²) in [6.45, 7) is 8.64. The third-order valence-corrected chi connectivity index (χ3v) is 4.38. The largest absolute Gasteiger partial charge is 0.345 e. The Hall–Kier alpha value is -1.61. The molecule has 0 spiro atoms. The van der Waals surface area contributed by atoms with Crippen LogP contribution in [0.1, 0.15) is 61.1 Å². The Morgan fingerprint density at radius 2 is 1.62 bits per heavy atom. The lowest BCUT2D eigenvalue weighted by Crippen LogP contribution is -2.31. The van der Waals surface area contributed by atoms with Gasteiger partial charge in [0, 0.05) is 5.38 Å². The van der Waals surface area contributed by atoms with Crippen LogP contribution in [0.3, 0.4) is 0 Å². The second-order valence-corrected chi connectivity index (χ2v) is 6.81. The van der Waals surface area contributed by atoms with Crippen LogP contribution in [0.15, 0.2) is 41.1 Å². The van der Waals surface area contributed by atoms with E-state index >= 15 is 0 Å². The van der Waals surface area contributed by atoms with Crippen LogP contribution in [0.4, 0.5) is 0 Å². The predicted molar refractivity (Wildman–Crippen MR) is 89.9 cm³/mol. The monoisotopic (exact) mass is 301 g/mol. The van der Waals surface area contributed by atoms with Gasteiger partial charge < -0.3 is 5.32 Å². The number of rotatable bonds is 5. The van der Waals surface area contributed by atoms with Gasteiger partial charge in [-0.2, -0.15) is 11.3 Å². The SMILES string of the molecule is CC(C)c1ccc(C(NC(=O)c2ccsc2)C(C)C)cc1. The van der Waals surface area contributed by atoms with Crippen LogP contribution in [0.5, 0.6) is 0 Å². The first-order valence-electron chi connectivity index (χ1n) is 7.42. The summed E-state index contributed by atoms with van der Waals surface area (Å²) in [5.74, 6) is 0.873. The molecule has 3 heteroatoms. The highest BCUT2D eigenvalue weighted by Gasteiger charge is 2.19. The molecule has 21 heavy (non-hydrogen) atoms. The molecule has 1 heterocycles. The van der Waals surface area contributed by atoms with E-state index in [0.717, 1.165) is 11.1 Å². The number of nitrogens with one attached hydrogen (secondary N) is 1. The first-order valence-corrected chi connectivity index (χ1v) is 8.36. The lowest BCUT2D eigenvalue weighted by Gasteiger charge is -2.23. The van der Waals surface area contributed by atoms with Gasteiger partial charge in [-0.15, -0.1) is 0 Å². The standard InChI is InChI=1S/C18H23NOS/c1-12(2)14-5-7-15(8-6-14)17(13(3)4)19-18(20)16-9-10-21-11-16/h5-13,17H,1-4H3,(H,19,20). The summed E-state index contributed by atoms with van der Waals surface area (Å²) in [4.78, 5) is 12.3. The number of hydrogen-bond donors (Lipinski definition) is 1. The molecule has 2 rings (SSSR count). The minimum Gasteiger partial charge on any atom is -0.345 e. The van der Waals surface area contributed by atoms with Gasteiger partial charge in [-0.3, -0.25) is 4.79 Å². The zero-order valence-corrected chi connectivity index (χ0v) is 13.9. The van der Waals surface area contributed by atoms with E-state index in [1.54, 1.807) is 11.3 Å². The van der Waals surface area contributed by atoms with Gasteiger partial charge in [0.25, 0.3) is 5.91 Å². The Balaban J connectivity index is 2.17. The van der Waals surface area contributed by atoms with E-state index in [0.29, 0.717) is 11.8 Å². The van der Waals surface area contributed by atoms with Gasteiger partial charge in [-0.1, -0.05) is 52.0 Å². The third-order valence-electron chi connectivity index (χ3n) is 3.70. The van der Waals surface area contributed by atoms with E-state index < -0.39 is 0 Å². The van der Waals surface area contributed by atoms with Crippen molar-refractivity contribution in [2.24, 2.45) is 5.92 Å². The summed E-state index contributed by atoms with van der Waals surface area (Å²) < 4.78 is 0. The number of benzene rings is 1. The molecule has 1 aromatic carbocycles. The van der Waals surface area contributed by atoms with Crippen molar-refractivity contribution in [3.63, 3.8) is 0 Å². The highest BCUT2D eigenvalue weighted by Crippen LogP contribution is 2.24. The molecule has 0 radical (unpaired) electrons. The zero-order valence-electron chi connectivity index (χ0n) is 13.1. The maximum Gasteiger partial charge on any atom is 0.252 e. The lowest BCUT2D eigenvalue weighted by molar-refractivity contribution is 0.0926. The molecule has 0 aliphatic rings. The molecule has 0 aliphatic heterocycles. The molecule has 1 amide bonds. The molecule has 1 unspecified atom stereocenters. The second-order valence-electron chi connectivity index (χ2n) is 6.03. The fourth-order valence-corrected chi connectivity index (χ4v) is 2.98. The van der Waals surface area contributed by atoms with Crippen molar-refractivity contribution in [1.82, 2.24) is 5.32 Å². The van der Waals surface area contributed by atoms with Crippen LogP contribution in [0, 0.1) is 5.92 Å². The smallest absolute Gasteiger partial charge is 0.252 e. The second kappa shape index (κ2) is 6.90. The molecule has 0 aliphatic carbocycles. The molecule has 112 valence electrons. The molecular weight excluding hydrogens is 278 g/mol. The number of carbonyl (C=O) groups is 1. The molecule has 0 fully saturated rings. The summed E-state index contributed by atoms with van der Waals surface area (Å²) in [5.41, 5.74) is 3.23. The van der Waals surface area contributed by atoms with Gasteiger partial charge in [-0.05, 0) is 34.4 Å². The number of thiophene rings is 1. The first-order chi connectivity index (χ1) is 9.99. The Labute approximate surface area is 131 Å². The van der Waals surface area contributed by atoms with E-state index in [1.165, 1.54) is 5.56 Å². The van der Waals surface area contributed by atoms with Crippen LogP contribution in [-0.4, -0.2) is 5.91 Å². The van der Waals surface area contributed by atoms with Gasteiger partial charge in [0.1, 0.15) is 0 Å². The third kappa shape index (κ3) is 3.94. The molecule has 0 saturated carbocycles. The van der Waals surface area contributed by atoms with Gasteiger partial charge in [-0.25, -0.2) is 0 Å². The summed E-state index contributed by atoms with van der Waals surface area (Å²) in [5, 5.41) is 6.96. The maximum atomic E-state index is 12.3. The summed E-state index contributed by atoms with van der Waals surface area (Å²) in [6, 6.07) is 10.5. The molecule has 2 nitrogen and oxygen atoms in total. The van der Waals surface area contributed by atoms with Crippen LogP contribution < -0.4 is 5.32 Å². The maximum absolute atomic E-state index is 12.3. The van der Waals surface area contributed by atoms with Crippen molar-refractivity contribution in [2.45, 2.75) is 39.7 Å². The van der Waals surface area contributed by atoms with Crippen molar-refractivity contribution in [3.8, 4) is 0 Å². The van der Waals surface area contributed by atoms with Crippen molar-refractivity contribution in [3.05, 3.63) is 57.8 Å². The average Bonchev–Trinajstić information content (AvgIpc) is 2.98. The summed E-state index contributed by atoms with van der Waals surface area (Å²) in [7, 11) is 0. The lowest BCUT2D eigenvalue weighted by atomic mass is 9.93. The summed E-state index contributed by atoms with van der Waals surface area (Å²) >= 11 is 1.54. The van der Waals surface area contributed by atoms with E-state index in [2.05, 4.69) is 57.3 Å². The molecule has 1 aromatic heterocycles. The molecule has 1 atom stereocenters. The molecule has 2 aromatic rings. The number of carbonyl (C=O) groups excluding carboxylic acids is 1. The Morgan fingerprint density at radius 1 is 1.00 bits per heavy atom. The molecule has 1 N–H and O–H groups in total. The topological polar surface area (TPSA) is 29.1 Å². The molecular formula is C18H23NOS. The van der Waals surface area contributed by atoms with Gasteiger partial charge in [0.15, 0.2) is 0 Å². The Bertz CT molecular complexity index is 570.